The fraction of sp³-hybridized carbons (Fsp3) is 0.400. The van der Waals surface area contributed by atoms with Crippen molar-refractivity contribution in [2.45, 2.75) is 18.6 Å². The molecule has 0 aliphatic carbocycles. The van der Waals surface area contributed by atoms with Crippen LogP contribution >= 0.6 is 23.2 Å². The van der Waals surface area contributed by atoms with E-state index in [1.54, 1.807) is 18.2 Å². The molecule has 2 N–H and O–H groups in total. The molecular weight excluding hydrogens is 265 g/mol. The largest absolute Gasteiger partial charge is 0.390 e. The molecule has 0 aliphatic rings. The molecule has 0 saturated heterocycles. The molecule has 2 unspecified atom stereocenters. The van der Waals surface area contributed by atoms with Crippen LogP contribution in [0.25, 0.3) is 10.4 Å². The van der Waals surface area contributed by atoms with Crippen LogP contribution < -0.4 is 0 Å². The maximum absolute atomic E-state index is 9.87. The van der Waals surface area contributed by atoms with Gasteiger partial charge in [0, 0.05) is 17.0 Å². The summed E-state index contributed by atoms with van der Waals surface area (Å²) in [5.74, 6) is 0. The minimum absolute atomic E-state index is 0.104. The second kappa shape index (κ2) is 6.69. The zero-order valence-corrected chi connectivity index (χ0v) is 10.3. The average Bonchev–Trinajstić information content (AvgIpc) is 2.32. The van der Waals surface area contributed by atoms with E-state index >= 15 is 0 Å². The summed E-state index contributed by atoms with van der Waals surface area (Å²) >= 11 is 11.7. The van der Waals surface area contributed by atoms with Crippen molar-refractivity contribution in [3.8, 4) is 0 Å². The van der Waals surface area contributed by atoms with Crippen molar-refractivity contribution in [3.05, 3.63) is 44.3 Å². The Bertz CT molecular complexity index is 436. The highest BCUT2D eigenvalue weighted by atomic mass is 35.5. The standard InChI is InChI=1S/C10H11Cl2N3O2/c11-7-3-1-2-6(9(7)12)10(17)8(16)4-5-14-15-13/h1-3,8,10,16-17H,4-5H2. The van der Waals surface area contributed by atoms with E-state index in [0.717, 1.165) is 0 Å². The Labute approximate surface area is 108 Å². The average molecular weight is 276 g/mol. The van der Waals surface area contributed by atoms with E-state index < -0.39 is 12.2 Å². The summed E-state index contributed by atoms with van der Waals surface area (Å²) in [5.41, 5.74) is 8.45. The molecule has 0 aliphatic heterocycles. The summed E-state index contributed by atoms with van der Waals surface area (Å²) < 4.78 is 0. The highest BCUT2D eigenvalue weighted by Gasteiger charge is 2.21. The first-order chi connectivity index (χ1) is 8.07. The van der Waals surface area contributed by atoms with Gasteiger partial charge in [0.2, 0.25) is 0 Å². The zero-order valence-electron chi connectivity index (χ0n) is 8.79. The summed E-state index contributed by atoms with van der Waals surface area (Å²) in [6.07, 6.45) is -2.07. The Morgan fingerprint density at radius 3 is 2.71 bits per heavy atom. The van der Waals surface area contributed by atoms with E-state index in [9.17, 15) is 10.2 Å². The van der Waals surface area contributed by atoms with Crippen LogP contribution in [0, 0.1) is 0 Å². The minimum atomic E-state index is -1.16. The van der Waals surface area contributed by atoms with Crippen molar-refractivity contribution in [2.75, 3.05) is 6.54 Å². The third-order valence-corrected chi connectivity index (χ3v) is 3.09. The first-order valence-corrected chi connectivity index (χ1v) is 5.64. The quantitative estimate of drug-likeness (QED) is 0.491. The smallest absolute Gasteiger partial charge is 0.106 e. The molecule has 92 valence electrons. The topological polar surface area (TPSA) is 89.2 Å². The van der Waals surface area contributed by atoms with E-state index in [4.69, 9.17) is 28.7 Å². The number of benzene rings is 1. The Kier molecular flexibility index (Phi) is 5.55. The van der Waals surface area contributed by atoms with E-state index in [2.05, 4.69) is 10.0 Å². The Morgan fingerprint density at radius 1 is 1.35 bits per heavy atom. The monoisotopic (exact) mass is 275 g/mol. The van der Waals surface area contributed by atoms with Gasteiger partial charge in [-0.05, 0) is 18.0 Å². The number of hydrogen-bond acceptors (Lipinski definition) is 3. The Morgan fingerprint density at radius 2 is 2.06 bits per heavy atom. The van der Waals surface area contributed by atoms with E-state index in [1.807, 2.05) is 0 Å². The van der Waals surface area contributed by atoms with Gasteiger partial charge in [0.15, 0.2) is 0 Å². The first kappa shape index (κ1) is 14.1. The number of aliphatic hydroxyl groups excluding tert-OH is 2. The third-order valence-electron chi connectivity index (χ3n) is 2.25. The number of halogens is 2. The molecule has 1 rings (SSSR count). The molecule has 0 heterocycles. The van der Waals surface area contributed by atoms with Crippen molar-refractivity contribution in [2.24, 2.45) is 5.11 Å². The van der Waals surface area contributed by atoms with Gasteiger partial charge in [-0.2, -0.15) is 0 Å². The van der Waals surface area contributed by atoms with Crippen LogP contribution in [0.2, 0.25) is 10.0 Å². The number of rotatable bonds is 5. The number of aliphatic hydroxyl groups is 2. The normalized spacial score (nSPS) is 13.9. The van der Waals surface area contributed by atoms with Gasteiger partial charge in [-0.3, -0.25) is 0 Å². The van der Waals surface area contributed by atoms with Crippen molar-refractivity contribution < 1.29 is 10.2 Å². The van der Waals surface area contributed by atoms with Crippen LogP contribution in [0.3, 0.4) is 0 Å². The predicted molar refractivity (Wildman–Crippen MR) is 66.1 cm³/mol. The summed E-state index contributed by atoms with van der Waals surface area (Å²) in [6, 6.07) is 4.80. The van der Waals surface area contributed by atoms with Gasteiger partial charge in [-0.25, -0.2) is 0 Å². The van der Waals surface area contributed by atoms with E-state index in [1.165, 1.54) is 0 Å². The maximum Gasteiger partial charge on any atom is 0.106 e. The molecule has 0 aromatic heterocycles. The second-order valence-electron chi connectivity index (χ2n) is 3.40. The summed E-state index contributed by atoms with van der Waals surface area (Å²) in [5, 5.41) is 23.3. The Balaban J connectivity index is 2.77. The lowest BCUT2D eigenvalue weighted by molar-refractivity contribution is 0.0151. The molecular formula is C10H11Cl2N3O2. The minimum Gasteiger partial charge on any atom is -0.390 e. The van der Waals surface area contributed by atoms with Crippen LogP contribution in [0.15, 0.2) is 23.3 Å². The Hall–Kier alpha value is -0.970. The molecule has 1 aromatic rings. The molecule has 0 bridgehead atoms. The molecule has 0 amide bonds. The van der Waals surface area contributed by atoms with E-state index in [-0.39, 0.29) is 18.0 Å². The van der Waals surface area contributed by atoms with Gasteiger partial charge >= 0.3 is 0 Å². The van der Waals surface area contributed by atoms with Crippen LogP contribution in [0.1, 0.15) is 18.1 Å². The predicted octanol–water partition coefficient (Wildman–Crippen LogP) is 3.09. The van der Waals surface area contributed by atoms with Crippen molar-refractivity contribution in [1.82, 2.24) is 0 Å². The van der Waals surface area contributed by atoms with Crippen LogP contribution in [-0.2, 0) is 0 Å². The summed E-state index contributed by atoms with van der Waals surface area (Å²) in [7, 11) is 0. The molecule has 0 spiro atoms. The summed E-state index contributed by atoms with van der Waals surface area (Å²) in [4.78, 5) is 2.56. The second-order valence-corrected chi connectivity index (χ2v) is 4.18. The fourth-order valence-electron chi connectivity index (χ4n) is 1.35. The highest BCUT2D eigenvalue weighted by Crippen LogP contribution is 2.31. The fourth-order valence-corrected chi connectivity index (χ4v) is 1.77. The highest BCUT2D eigenvalue weighted by molar-refractivity contribution is 6.42. The molecule has 5 nitrogen and oxygen atoms in total. The summed E-state index contributed by atoms with van der Waals surface area (Å²) in [6.45, 7) is 0.104. The van der Waals surface area contributed by atoms with Crippen LogP contribution in [0.4, 0.5) is 0 Å². The van der Waals surface area contributed by atoms with Crippen molar-refractivity contribution >= 4 is 23.2 Å². The molecule has 0 fully saturated rings. The molecule has 1 aromatic carbocycles. The van der Waals surface area contributed by atoms with Gasteiger partial charge < -0.3 is 10.2 Å². The molecule has 0 saturated carbocycles. The molecule has 0 radical (unpaired) electrons. The van der Waals surface area contributed by atoms with Gasteiger partial charge in [-0.15, -0.1) is 0 Å². The van der Waals surface area contributed by atoms with E-state index in [0.29, 0.717) is 10.6 Å². The van der Waals surface area contributed by atoms with Crippen LogP contribution in [0.5, 0.6) is 0 Å². The number of hydrogen-bond donors (Lipinski definition) is 2. The first-order valence-electron chi connectivity index (χ1n) is 4.88. The van der Waals surface area contributed by atoms with Gasteiger partial charge in [-0.1, -0.05) is 40.4 Å². The lowest BCUT2D eigenvalue weighted by atomic mass is 10.0. The molecule has 2 atom stereocenters. The maximum atomic E-state index is 9.87. The van der Waals surface area contributed by atoms with Gasteiger partial charge in [0.25, 0.3) is 0 Å². The SMILES string of the molecule is [N-]=[N+]=NCCC(O)C(O)c1cccc(Cl)c1Cl. The number of azide groups is 1. The van der Waals surface area contributed by atoms with Gasteiger partial charge in [0.1, 0.15) is 6.10 Å². The third kappa shape index (κ3) is 3.77. The molecule has 17 heavy (non-hydrogen) atoms. The van der Waals surface area contributed by atoms with Crippen molar-refractivity contribution in [1.29, 1.82) is 0 Å². The zero-order chi connectivity index (χ0) is 12.8. The van der Waals surface area contributed by atoms with Crippen LogP contribution in [-0.4, -0.2) is 22.9 Å². The van der Waals surface area contributed by atoms with Crippen molar-refractivity contribution in [3.63, 3.8) is 0 Å². The lowest BCUT2D eigenvalue weighted by Gasteiger charge is -2.18. The lowest BCUT2D eigenvalue weighted by Crippen LogP contribution is -2.19. The molecule has 7 heteroatoms. The van der Waals surface area contributed by atoms with Gasteiger partial charge in [0.05, 0.1) is 16.1 Å². The number of nitrogens with zero attached hydrogens (tertiary/aromatic N) is 3.